The number of benzene rings is 1. The molecule has 0 saturated carbocycles. The third-order valence-electron chi connectivity index (χ3n) is 5.57. The molecule has 1 aliphatic rings. The van der Waals surface area contributed by atoms with Crippen molar-refractivity contribution < 1.29 is 4.79 Å². The van der Waals surface area contributed by atoms with E-state index in [0.717, 1.165) is 62.8 Å². The number of aliphatic imine (C=N–C) groups is 1. The standard InChI is InChI=1S/C24H36N6O/c1-5-25-24(27-21-13-15-29(17-21)23(31)18(2)3)26-14-9-10-20-16-30(28-19(20)4)22-11-7-6-8-12-22/h6-8,11-12,16,18,21H,5,9-10,13-15,17H2,1-4H3,(H2,25,26,27). The summed E-state index contributed by atoms with van der Waals surface area (Å²) in [7, 11) is 0. The minimum absolute atomic E-state index is 0.0513. The highest BCUT2D eigenvalue weighted by Gasteiger charge is 2.27. The number of rotatable bonds is 8. The van der Waals surface area contributed by atoms with Crippen LogP contribution in [0.3, 0.4) is 0 Å². The number of nitrogens with one attached hydrogen (secondary N) is 2. The molecule has 2 N–H and O–H groups in total. The van der Waals surface area contributed by atoms with Crippen LogP contribution in [0.15, 0.2) is 41.5 Å². The summed E-state index contributed by atoms with van der Waals surface area (Å²) in [6, 6.07) is 10.4. The fourth-order valence-corrected chi connectivity index (χ4v) is 3.87. The van der Waals surface area contributed by atoms with Crippen molar-refractivity contribution in [2.45, 2.75) is 53.0 Å². The lowest BCUT2D eigenvalue weighted by Crippen LogP contribution is -2.45. The topological polar surface area (TPSA) is 74.6 Å². The first-order valence-corrected chi connectivity index (χ1v) is 11.4. The molecule has 1 unspecified atom stereocenters. The molecule has 168 valence electrons. The lowest BCUT2D eigenvalue weighted by molar-refractivity contribution is -0.133. The van der Waals surface area contributed by atoms with E-state index in [9.17, 15) is 4.79 Å². The molecule has 0 spiro atoms. The van der Waals surface area contributed by atoms with Crippen molar-refractivity contribution in [2.75, 3.05) is 26.2 Å². The van der Waals surface area contributed by atoms with Gasteiger partial charge in [0.1, 0.15) is 0 Å². The van der Waals surface area contributed by atoms with Gasteiger partial charge < -0.3 is 15.5 Å². The highest BCUT2D eigenvalue weighted by molar-refractivity contribution is 5.81. The number of aryl methyl sites for hydroxylation is 2. The van der Waals surface area contributed by atoms with Crippen LogP contribution in [0.25, 0.3) is 5.69 Å². The van der Waals surface area contributed by atoms with Crippen LogP contribution in [0.1, 0.15) is 44.9 Å². The number of carbonyl (C=O) groups is 1. The lowest BCUT2D eigenvalue weighted by atomic mass is 10.1. The van der Waals surface area contributed by atoms with Crippen LogP contribution in [0, 0.1) is 12.8 Å². The Hall–Kier alpha value is -2.83. The number of likely N-dealkylation sites (tertiary alicyclic amines) is 1. The van der Waals surface area contributed by atoms with E-state index >= 15 is 0 Å². The first-order chi connectivity index (χ1) is 15.0. The normalized spacial score (nSPS) is 16.7. The third kappa shape index (κ3) is 6.32. The second-order valence-electron chi connectivity index (χ2n) is 8.45. The molecule has 1 fully saturated rings. The van der Waals surface area contributed by atoms with Crippen molar-refractivity contribution in [1.82, 2.24) is 25.3 Å². The van der Waals surface area contributed by atoms with E-state index in [1.54, 1.807) is 0 Å². The number of carbonyl (C=O) groups excluding carboxylic acids is 1. The smallest absolute Gasteiger partial charge is 0.225 e. The molecule has 1 aliphatic heterocycles. The maximum absolute atomic E-state index is 12.2. The van der Waals surface area contributed by atoms with Crippen molar-refractivity contribution in [2.24, 2.45) is 10.9 Å². The van der Waals surface area contributed by atoms with Crippen molar-refractivity contribution in [3.05, 3.63) is 47.8 Å². The van der Waals surface area contributed by atoms with Gasteiger partial charge >= 0.3 is 0 Å². The maximum atomic E-state index is 12.2. The fourth-order valence-electron chi connectivity index (χ4n) is 3.87. The Kier molecular flexibility index (Phi) is 8.09. The molecule has 2 heterocycles. The molecule has 1 aromatic carbocycles. The monoisotopic (exact) mass is 424 g/mol. The van der Waals surface area contributed by atoms with Gasteiger partial charge in [0, 0.05) is 44.3 Å². The van der Waals surface area contributed by atoms with Gasteiger partial charge in [-0.3, -0.25) is 9.79 Å². The summed E-state index contributed by atoms with van der Waals surface area (Å²) in [6.45, 7) is 11.2. The largest absolute Gasteiger partial charge is 0.357 e. The molecule has 1 amide bonds. The first kappa shape index (κ1) is 22.8. The number of para-hydroxylation sites is 1. The molecule has 0 aliphatic carbocycles. The molecule has 7 nitrogen and oxygen atoms in total. The van der Waals surface area contributed by atoms with Gasteiger partial charge in [-0.15, -0.1) is 0 Å². The molecule has 31 heavy (non-hydrogen) atoms. The number of amides is 1. The molecular formula is C24H36N6O. The summed E-state index contributed by atoms with van der Waals surface area (Å²) in [5, 5.41) is 11.5. The highest BCUT2D eigenvalue weighted by atomic mass is 16.2. The van der Waals surface area contributed by atoms with Crippen LogP contribution in [0.5, 0.6) is 0 Å². The van der Waals surface area contributed by atoms with Crippen molar-refractivity contribution in [3.63, 3.8) is 0 Å². The van der Waals surface area contributed by atoms with Crippen LogP contribution in [-0.4, -0.2) is 58.8 Å². The molecule has 1 atom stereocenters. The lowest BCUT2D eigenvalue weighted by Gasteiger charge is -2.20. The first-order valence-electron chi connectivity index (χ1n) is 11.4. The average Bonchev–Trinajstić information content (AvgIpc) is 3.38. The highest BCUT2D eigenvalue weighted by Crippen LogP contribution is 2.14. The Morgan fingerprint density at radius 1 is 1.29 bits per heavy atom. The van der Waals surface area contributed by atoms with Crippen molar-refractivity contribution >= 4 is 11.9 Å². The van der Waals surface area contributed by atoms with E-state index in [4.69, 9.17) is 4.99 Å². The van der Waals surface area contributed by atoms with Gasteiger partial charge in [-0.1, -0.05) is 32.0 Å². The summed E-state index contributed by atoms with van der Waals surface area (Å²) in [5.74, 6) is 1.12. The molecule has 1 aromatic heterocycles. The summed E-state index contributed by atoms with van der Waals surface area (Å²) in [5.41, 5.74) is 3.41. The minimum atomic E-state index is 0.0513. The number of nitrogens with zero attached hydrogens (tertiary/aromatic N) is 4. The van der Waals surface area contributed by atoms with Crippen molar-refractivity contribution in [3.8, 4) is 5.69 Å². The van der Waals surface area contributed by atoms with Gasteiger partial charge in [0.05, 0.1) is 11.4 Å². The minimum Gasteiger partial charge on any atom is -0.357 e. The molecule has 0 radical (unpaired) electrons. The van der Waals surface area contributed by atoms with Gasteiger partial charge in [-0.2, -0.15) is 5.10 Å². The van der Waals surface area contributed by atoms with E-state index in [1.807, 2.05) is 41.6 Å². The number of hydrogen-bond donors (Lipinski definition) is 2. The zero-order chi connectivity index (χ0) is 22.2. The predicted octanol–water partition coefficient (Wildman–Crippen LogP) is 2.93. The van der Waals surface area contributed by atoms with E-state index in [2.05, 4.69) is 47.9 Å². The SMILES string of the molecule is CCNC(=NCCCc1cn(-c2ccccc2)nc1C)NC1CCN(C(=O)C(C)C)C1. The van der Waals surface area contributed by atoms with Gasteiger partial charge in [0.2, 0.25) is 5.91 Å². The van der Waals surface area contributed by atoms with Gasteiger partial charge in [0.15, 0.2) is 5.96 Å². The fraction of sp³-hybridized carbons (Fsp3) is 0.542. The third-order valence-corrected chi connectivity index (χ3v) is 5.57. The summed E-state index contributed by atoms with van der Waals surface area (Å²) >= 11 is 0. The Morgan fingerprint density at radius 3 is 2.77 bits per heavy atom. The van der Waals surface area contributed by atoms with Crippen LogP contribution >= 0.6 is 0 Å². The molecule has 3 rings (SSSR count). The van der Waals surface area contributed by atoms with E-state index < -0.39 is 0 Å². The van der Waals surface area contributed by atoms with Crippen LogP contribution in [0.4, 0.5) is 0 Å². The molecular weight excluding hydrogens is 388 g/mol. The van der Waals surface area contributed by atoms with Gasteiger partial charge in [-0.25, -0.2) is 4.68 Å². The Balaban J connectivity index is 1.50. The van der Waals surface area contributed by atoms with Crippen LogP contribution in [-0.2, 0) is 11.2 Å². The number of guanidine groups is 1. The van der Waals surface area contributed by atoms with Crippen LogP contribution in [0.2, 0.25) is 0 Å². The number of aromatic nitrogens is 2. The zero-order valence-electron chi connectivity index (χ0n) is 19.3. The summed E-state index contributed by atoms with van der Waals surface area (Å²) < 4.78 is 1.95. The molecule has 0 bridgehead atoms. The van der Waals surface area contributed by atoms with Gasteiger partial charge in [-0.05, 0) is 50.8 Å². The quantitative estimate of drug-likeness (QED) is 0.388. The Morgan fingerprint density at radius 2 is 2.06 bits per heavy atom. The van der Waals surface area contributed by atoms with Crippen molar-refractivity contribution in [1.29, 1.82) is 0 Å². The van der Waals surface area contributed by atoms with E-state index in [-0.39, 0.29) is 17.9 Å². The predicted molar refractivity (Wildman–Crippen MR) is 126 cm³/mol. The van der Waals surface area contributed by atoms with E-state index in [0.29, 0.717) is 0 Å². The number of hydrogen-bond acceptors (Lipinski definition) is 3. The van der Waals surface area contributed by atoms with Crippen LogP contribution < -0.4 is 10.6 Å². The molecule has 7 heteroatoms. The Labute approximate surface area is 185 Å². The average molecular weight is 425 g/mol. The summed E-state index contributed by atoms with van der Waals surface area (Å²) in [4.78, 5) is 18.9. The molecule has 2 aromatic rings. The van der Waals surface area contributed by atoms with Gasteiger partial charge in [0.25, 0.3) is 0 Å². The second-order valence-corrected chi connectivity index (χ2v) is 8.45. The summed E-state index contributed by atoms with van der Waals surface area (Å²) in [6.07, 6.45) is 4.99. The maximum Gasteiger partial charge on any atom is 0.225 e. The zero-order valence-corrected chi connectivity index (χ0v) is 19.3. The second kappa shape index (κ2) is 11.0. The Bertz CT molecular complexity index is 873. The van der Waals surface area contributed by atoms with E-state index in [1.165, 1.54) is 5.56 Å². The molecule has 1 saturated heterocycles.